The van der Waals surface area contributed by atoms with Crippen molar-refractivity contribution in [3.8, 4) is 0 Å². The molecule has 51 valence electrons. The molecule has 0 bridgehead atoms. The second-order valence-electron chi connectivity index (χ2n) is 4.11. The van der Waals surface area contributed by atoms with Crippen LogP contribution in [-0.4, -0.2) is 11.1 Å². The van der Waals surface area contributed by atoms with Gasteiger partial charge in [-0.25, -0.2) is 5.32 Å². The molecule has 0 spiro atoms. The van der Waals surface area contributed by atoms with Gasteiger partial charge in [0.1, 0.15) is 0 Å². The van der Waals surface area contributed by atoms with Gasteiger partial charge in [0, 0.05) is 11.1 Å². The summed E-state index contributed by atoms with van der Waals surface area (Å²) in [6.07, 6.45) is 5.34. The van der Waals surface area contributed by atoms with Gasteiger partial charge < -0.3 is 0 Å². The molecule has 0 amide bonds. The average Bonchev–Trinajstić information content (AvgIpc) is 2.55. The average molecular weight is 124 g/mol. The van der Waals surface area contributed by atoms with Gasteiger partial charge in [0.25, 0.3) is 0 Å². The van der Waals surface area contributed by atoms with E-state index in [-0.39, 0.29) is 0 Å². The van der Waals surface area contributed by atoms with Gasteiger partial charge in [0.15, 0.2) is 0 Å². The quantitative estimate of drug-likeness (QED) is 0.532. The van der Waals surface area contributed by atoms with Crippen molar-refractivity contribution in [2.45, 2.75) is 50.6 Å². The van der Waals surface area contributed by atoms with Crippen molar-refractivity contribution in [3.05, 3.63) is 0 Å². The first-order chi connectivity index (χ1) is 4.12. The number of hydrogen-bond acceptors (Lipinski definition) is 0. The second kappa shape index (κ2) is 1.34. The smallest absolute Gasteiger partial charge is 0.0336 e. The molecule has 2 aliphatic carbocycles. The summed E-state index contributed by atoms with van der Waals surface area (Å²) in [7, 11) is 0. The second-order valence-corrected chi connectivity index (χ2v) is 4.11. The highest BCUT2D eigenvalue weighted by Gasteiger charge is 2.49. The lowest BCUT2D eigenvalue weighted by molar-refractivity contribution is 0.429. The van der Waals surface area contributed by atoms with Crippen molar-refractivity contribution < 1.29 is 0 Å². The Bertz CT molecular complexity index is 116. The molecular formula is C8H14N. The molecule has 0 atom stereocenters. The Labute approximate surface area is 56.8 Å². The Kier molecular flexibility index (Phi) is 0.852. The van der Waals surface area contributed by atoms with Crippen LogP contribution in [0.5, 0.6) is 0 Å². The van der Waals surface area contributed by atoms with Crippen LogP contribution in [0, 0.1) is 0 Å². The third-order valence-electron chi connectivity index (χ3n) is 2.49. The highest BCUT2D eigenvalue weighted by molar-refractivity contribution is 5.08. The van der Waals surface area contributed by atoms with E-state index in [2.05, 4.69) is 13.8 Å². The topological polar surface area (TPSA) is 14.1 Å². The molecular weight excluding hydrogens is 110 g/mol. The molecule has 2 rings (SSSR count). The van der Waals surface area contributed by atoms with Gasteiger partial charge in [0.05, 0.1) is 0 Å². The zero-order valence-corrected chi connectivity index (χ0v) is 6.28. The summed E-state index contributed by atoms with van der Waals surface area (Å²) in [5.41, 5.74) is 0.844. The first kappa shape index (κ1) is 5.72. The highest BCUT2D eigenvalue weighted by Crippen LogP contribution is 2.45. The fraction of sp³-hybridized carbons (Fsp3) is 1.00. The summed E-state index contributed by atoms with van der Waals surface area (Å²) in [4.78, 5) is 0. The van der Waals surface area contributed by atoms with E-state index in [1.807, 2.05) is 0 Å². The summed E-state index contributed by atoms with van der Waals surface area (Å²) < 4.78 is 0. The summed E-state index contributed by atoms with van der Waals surface area (Å²) in [5, 5.41) is 4.76. The molecule has 2 fully saturated rings. The van der Waals surface area contributed by atoms with Gasteiger partial charge in [-0.2, -0.15) is 0 Å². The van der Waals surface area contributed by atoms with Crippen molar-refractivity contribution in [3.63, 3.8) is 0 Å². The van der Waals surface area contributed by atoms with E-state index < -0.39 is 0 Å². The van der Waals surface area contributed by atoms with Gasteiger partial charge in [0.2, 0.25) is 0 Å². The number of nitrogens with zero attached hydrogens (tertiary/aromatic N) is 1. The molecule has 0 heterocycles. The van der Waals surface area contributed by atoms with Gasteiger partial charge in [-0.05, 0) is 39.5 Å². The molecule has 0 aromatic carbocycles. The minimum absolute atomic E-state index is 0.422. The summed E-state index contributed by atoms with van der Waals surface area (Å²) in [6.45, 7) is 4.55. The van der Waals surface area contributed by atoms with Gasteiger partial charge in [-0.15, -0.1) is 0 Å². The van der Waals surface area contributed by atoms with E-state index in [0.29, 0.717) is 11.1 Å². The molecule has 9 heavy (non-hydrogen) atoms. The van der Waals surface area contributed by atoms with E-state index in [0.717, 1.165) is 0 Å². The molecule has 0 aromatic rings. The zero-order chi connectivity index (χ0) is 6.54. The molecule has 0 aliphatic heterocycles. The monoisotopic (exact) mass is 124 g/mol. The van der Waals surface area contributed by atoms with Crippen LogP contribution in [0.25, 0.3) is 0 Å². The fourth-order valence-electron chi connectivity index (χ4n) is 1.24. The lowest BCUT2D eigenvalue weighted by atomic mass is 10.2. The SMILES string of the molecule is CC1([N]C2(C)CC2)CC1. The van der Waals surface area contributed by atoms with Crippen LogP contribution in [0.3, 0.4) is 0 Å². The van der Waals surface area contributed by atoms with Gasteiger partial charge >= 0.3 is 0 Å². The third kappa shape index (κ3) is 1.11. The van der Waals surface area contributed by atoms with Crippen molar-refractivity contribution in [1.29, 1.82) is 0 Å². The van der Waals surface area contributed by atoms with E-state index in [9.17, 15) is 0 Å². The maximum atomic E-state index is 4.76. The van der Waals surface area contributed by atoms with Crippen LogP contribution < -0.4 is 5.32 Å². The van der Waals surface area contributed by atoms with Crippen LogP contribution in [0.1, 0.15) is 39.5 Å². The molecule has 1 radical (unpaired) electrons. The third-order valence-corrected chi connectivity index (χ3v) is 2.49. The largest absolute Gasteiger partial charge is 0.229 e. The zero-order valence-electron chi connectivity index (χ0n) is 6.28. The predicted molar refractivity (Wildman–Crippen MR) is 37.4 cm³/mol. The highest BCUT2D eigenvalue weighted by atomic mass is 15.1. The molecule has 1 nitrogen and oxygen atoms in total. The Balaban J connectivity index is 1.90. The maximum absolute atomic E-state index is 4.76. The first-order valence-electron chi connectivity index (χ1n) is 3.86. The van der Waals surface area contributed by atoms with Gasteiger partial charge in [-0.3, -0.25) is 0 Å². The van der Waals surface area contributed by atoms with Crippen LogP contribution in [0.4, 0.5) is 0 Å². The van der Waals surface area contributed by atoms with Crippen molar-refractivity contribution in [1.82, 2.24) is 5.32 Å². The molecule has 2 saturated carbocycles. The van der Waals surface area contributed by atoms with E-state index >= 15 is 0 Å². The lowest BCUT2D eigenvalue weighted by Crippen LogP contribution is -2.30. The molecule has 0 saturated heterocycles. The predicted octanol–water partition coefficient (Wildman–Crippen LogP) is 1.70. The van der Waals surface area contributed by atoms with Gasteiger partial charge in [-0.1, -0.05) is 0 Å². The molecule has 0 N–H and O–H groups in total. The molecule has 2 aliphatic rings. The van der Waals surface area contributed by atoms with Crippen molar-refractivity contribution in [2.75, 3.05) is 0 Å². The summed E-state index contributed by atoms with van der Waals surface area (Å²) in [5.74, 6) is 0. The minimum atomic E-state index is 0.422. The minimum Gasteiger partial charge on any atom is -0.229 e. The Hall–Kier alpha value is -0.0400. The van der Waals surface area contributed by atoms with E-state index in [4.69, 9.17) is 5.32 Å². The van der Waals surface area contributed by atoms with Crippen LogP contribution in [-0.2, 0) is 0 Å². The fourth-order valence-corrected chi connectivity index (χ4v) is 1.24. The summed E-state index contributed by atoms with van der Waals surface area (Å²) in [6, 6.07) is 0. The van der Waals surface area contributed by atoms with E-state index in [1.165, 1.54) is 25.7 Å². The lowest BCUT2D eigenvalue weighted by Gasteiger charge is -2.14. The first-order valence-corrected chi connectivity index (χ1v) is 3.86. The van der Waals surface area contributed by atoms with Crippen molar-refractivity contribution >= 4 is 0 Å². The van der Waals surface area contributed by atoms with Crippen LogP contribution in [0.2, 0.25) is 0 Å². The van der Waals surface area contributed by atoms with Crippen LogP contribution in [0.15, 0.2) is 0 Å². The van der Waals surface area contributed by atoms with Crippen molar-refractivity contribution in [2.24, 2.45) is 0 Å². The standard InChI is InChI=1S/C8H14N/c1-7(3-4-7)9-8(2)5-6-8/h3-6H2,1-2H3. The maximum Gasteiger partial charge on any atom is 0.0336 e. The summed E-state index contributed by atoms with van der Waals surface area (Å²) >= 11 is 0. The van der Waals surface area contributed by atoms with Crippen LogP contribution >= 0.6 is 0 Å². The number of hydrogen-bond donors (Lipinski definition) is 0. The molecule has 0 aromatic heterocycles. The molecule has 0 unspecified atom stereocenters. The van der Waals surface area contributed by atoms with E-state index in [1.54, 1.807) is 0 Å². The number of rotatable bonds is 2. The Morgan fingerprint density at radius 2 is 1.22 bits per heavy atom. The normalized spacial score (nSPS) is 34.0. The Morgan fingerprint density at radius 1 is 0.889 bits per heavy atom. The Morgan fingerprint density at radius 3 is 1.44 bits per heavy atom. The molecule has 1 heteroatoms.